The zero-order valence-electron chi connectivity index (χ0n) is 10.6. The molecule has 0 aliphatic carbocycles. The van der Waals surface area contributed by atoms with Crippen LogP contribution < -0.4 is 4.90 Å². The van der Waals surface area contributed by atoms with Crippen LogP contribution in [0.2, 0.25) is 0 Å². The summed E-state index contributed by atoms with van der Waals surface area (Å²) < 4.78 is 13.2. The maximum Gasteiger partial charge on any atom is 0.234 e. The topological polar surface area (TPSA) is 20.3 Å². The van der Waals surface area contributed by atoms with Gasteiger partial charge in [-0.05, 0) is 35.7 Å². The van der Waals surface area contributed by atoms with E-state index in [1.807, 2.05) is 30.3 Å². The standard InChI is InChI=1S/C16H14FNO/c1-18-15-8-3-2-7-13(15)14(16(18)19)10-11-5-4-6-12(17)9-11/h2-9,14H,10H2,1H3. The molecule has 0 N–H and O–H groups in total. The van der Waals surface area contributed by atoms with Gasteiger partial charge in [0.1, 0.15) is 5.82 Å². The second-order valence-electron chi connectivity index (χ2n) is 4.84. The van der Waals surface area contributed by atoms with Crippen molar-refractivity contribution < 1.29 is 9.18 Å². The van der Waals surface area contributed by atoms with Gasteiger partial charge in [0, 0.05) is 12.7 Å². The van der Waals surface area contributed by atoms with Crippen LogP contribution in [-0.2, 0) is 11.2 Å². The average Bonchev–Trinajstić information content (AvgIpc) is 2.65. The Bertz CT molecular complexity index is 638. The number of halogens is 1. The molecular formula is C16H14FNO. The summed E-state index contributed by atoms with van der Waals surface area (Å²) in [6.07, 6.45) is 0.540. The highest BCUT2D eigenvalue weighted by atomic mass is 19.1. The minimum Gasteiger partial charge on any atom is -0.315 e. The summed E-state index contributed by atoms with van der Waals surface area (Å²) in [5.74, 6) is -0.391. The number of nitrogens with zero attached hydrogens (tertiary/aromatic N) is 1. The van der Waals surface area contributed by atoms with Crippen molar-refractivity contribution in [2.24, 2.45) is 0 Å². The monoisotopic (exact) mass is 255 g/mol. The minimum atomic E-state index is -0.260. The molecule has 0 saturated carbocycles. The summed E-state index contributed by atoms with van der Waals surface area (Å²) in [5.41, 5.74) is 2.83. The maximum atomic E-state index is 13.2. The lowest BCUT2D eigenvalue weighted by Gasteiger charge is -2.11. The van der Waals surface area contributed by atoms with E-state index >= 15 is 0 Å². The Labute approximate surface area is 111 Å². The highest BCUT2D eigenvalue weighted by molar-refractivity contribution is 6.04. The number of fused-ring (bicyclic) bond motifs is 1. The number of likely N-dealkylation sites (N-methyl/N-ethyl adjacent to an activating group) is 1. The Morgan fingerprint density at radius 3 is 2.74 bits per heavy atom. The molecule has 2 nitrogen and oxygen atoms in total. The average molecular weight is 255 g/mol. The van der Waals surface area contributed by atoms with E-state index in [9.17, 15) is 9.18 Å². The highest BCUT2D eigenvalue weighted by Crippen LogP contribution is 2.37. The van der Waals surface area contributed by atoms with Crippen molar-refractivity contribution in [3.8, 4) is 0 Å². The van der Waals surface area contributed by atoms with E-state index in [1.165, 1.54) is 12.1 Å². The number of hydrogen-bond donors (Lipinski definition) is 0. The van der Waals surface area contributed by atoms with Crippen molar-refractivity contribution in [2.45, 2.75) is 12.3 Å². The van der Waals surface area contributed by atoms with Crippen molar-refractivity contribution >= 4 is 11.6 Å². The molecule has 96 valence electrons. The van der Waals surface area contributed by atoms with Crippen LogP contribution in [0.5, 0.6) is 0 Å². The van der Waals surface area contributed by atoms with Gasteiger partial charge in [-0.2, -0.15) is 0 Å². The summed E-state index contributed by atoms with van der Waals surface area (Å²) in [5, 5.41) is 0. The molecule has 3 rings (SSSR count). The largest absolute Gasteiger partial charge is 0.315 e. The van der Waals surface area contributed by atoms with E-state index in [2.05, 4.69) is 0 Å². The van der Waals surface area contributed by atoms with Gasteiger partial charge in [0.15, 0.2) is 0 Å². The van der Waals surface area contributed by atoms with Gasteiger partial charge in [0.25, 0.3) is 0 Å². The quantitative estimate of drug-likeness (QED) is 0.807. The van der Waals surface area contributed by atoms with Gasteiger partial charge >= 0.3 is 0 Å². The van der Waals surface area contributed by atoms with Crippen molar-refractivity contribution in [3.63, 3.8) is 0 Å². The third-order valence-corrected chi connectivity index (χ3v) is 3.63. The normalized spacial score (nSPS) is 17.7. The number of rotatable bonds is 2. The second-order valence-corrected chi connectivity index (χ2v) is 4.84. The fourth-order valence-corrected chi connectivity index (χ4v) is 2.67. The Morgan fingerprint density at radius 2 is 1.95 bits per heavy atom. The maximum absolute atomic E-state index is 13.2. The number of hydrogen-bond acceptors (Lipinski definition) is 1. The second kappa shape index (κ2) is 4.50. The lowest BCUT2D eigenvalue weighted by molar-refractivity contribution is -0.119. The molecule has 1 amide bonds. The fourth-order valence-electron chi connectivity index (χ4n) is 2.67. The van der Waals surface area contributed by atoms with E-state index in [0.717, 1.165) is 16.8 Å². The number of para-hydroxylation sites is 1. The highest BCUT2D eigenvalue weighted by Gasteiger charge is 2.34. The van der Waals surface area contributed by atoms with E-state index in [1.54, 1.807) is 18.0 Å². The Hall–Kier alpha value is -2.16. The summed E-state index contributed by atoms with van der Waals surface area (Å²) in [6, 6.07) is 14.2. The summed E-state index contributed by atoms with van der Waals surface area (Å²) in [7, 11) is 1.78. The van der Waals surface area contributed by atoms with E-state index in [-0.39, 0.29) is 17.6 Å². The molecule has 0 saturated heterocycles. The Kier molecular flexibility index (Phi) is 2.82. The smallest absolute Gasteiger partial charge is 0.234 e. The van der Waals surface area contributed by atoms with Crippen LogP contribution in [0.25, 0.3) is 0 Å². The fraction of sp³-hybridized carbons (Fsp3) is 0.188. The van der Waals surface area contributed by atoms with Crippen LogP contribution in [0, 0.1) is 5.82 Å². The molecule has 19 heavy (non-hydrogen) atoms. The van der Waals surface area contributed by atoms with Crippen LogP contribution in [0.4, 0.5) is 10.1 Å². The molecule has 1 aliphatic rings. The number of amides is 1. The van der Waals surface area contributed by atoms with Gasteiger partial charge in [-0.15, -0.1) is 0 Å². The van der Waals surface area contributed by atoms with Crippen LogP contribution >= 0.6 is 0 Å². The Morgan fingerprint density at radius 1 is 1.16 bits per heavy atom. The van der Waals surface area contributed by atoms with Crippen molar-refractivity contribution in [3.05, 3.63) is 65.5 Å². The van der Waals surface area contributed by atoms with Crippen LogP contribution in [-0.4, -0.2) is 13.0 Å². The third-order valence-electron chi connectivity index (χ3n) is 3.63. The van der Waals surface area contributed by atoms with Gasteiger partial charge in [-0.25, -0.2) is 4.39 Å². The van der Waals surface area contributed by atoms with Crippen LogP contribution in [0.15, 0.2) is 48.5 Å². The SMILES string of the molecule is CN1C(=O)C(Cc2cccc(F)c2)c2ccccc21. The van der Waals surface area contributed by atoms with Crippen molar-refractivity contribution in [1.82, 2.24) is 0 Å². The zero-order chi connectivity index (χ0) is 13.4. The molecule has 1 atom stereocenters. The zero-order valence-corrected chi connectivity index (χ0v) is 10.6. The minimum absolute atomic E-state index is 0.0745. The van der Waals surface area contributed by atoms with E-state index < -0.39 is 0 Å². The van der Waals surface area contributed by atoms with Crippen LogP contribution in [0.3, 0.4) is 0 Å². The molecule has 1 heterocycles. The molecule has 3 heteroatoms. The lowest BCUT2D eigenvalue weighted by Crippen LogP contribution is -2.24. The molecule has 1 aliphatic heterocycles. The first-order valence-corrected chi connectivity index (χ1v) is 6.28. The van der Waals surface area contributed by atoms with Gasteiger partial charge in [-0.1, -0.05) is 30.3 Å². The predicted molar refractivity (Wildman–Crippen MR) is 72.7 cm³/mol. The molecule has 0 bridgehead atoms. The van der Waals surface area contributed by atoms with Crippen LogP contribution in [0.1, 0.15) is 17.0 Å². The van der Waals surface area contributed by atoms with Crippen molar-refractivity contribution in [1.29, 1.82) is 0 Å². The van der Waals surface area contributed by atoms with E-state index in [4.69, 9.17) is 0 Å². The molecule has 2 aromatic rings. The predicted octanol–water partition coefficient (Wildman–Crippen LogP) is 3.13. The van der Waals surface area contributed by atoms with Gasteiger partial charge in [0.05, 0.1) is 5.92 Å². The summed E-state index contributed by atoms with van der Waals surface area (Å²) in [4.78, 5) is 14.0. The third kappa shape index (κ3) is 2.01. The molecule has 0 aromatic heterocycles. The first kappa shape index (κ1) is 11.9. The number of carbonyl (C=O) groups is 1. The molecule has 0 spiro atoms. The first-order valence-electron chi connectivity index (χ1n) is 6.28. The molecule has 2 aromatic carbocycles. The lowest BCUT2D eigenvalue weighted by atomic mass is 9.93. The molecular weight excluding hydrogens is 241 g/mol. The van der Waals surface area contributed by atoms with Gasteiger partial charge in [0.2, 0.25) is 5.91 Å². The van der Waals surface area contributed by atoms with Gasteiger partial charge in [-0.3, -0.25) is 4.79 Å². The summed E-state index contributed by atoms with van der Waals surface area (Å²) >= 11 is 0. The Balaban J connectivity index is 1.95. The number of benzene rings is 2. The molecule has 0 radical (unpaired) electrons. The summed E-state index contributed by atoms with van der Waals surface area (Å²) in [6.45, 7) is 0. The first-order chi connectivity index (χ1) is 9.16. The number of carbonyl (C=O) groups excluding carboxylic acids is 1. The van der Waals surface area contributed by atoms with Crippen molar-refractivity contribution in [2.75, 3.05) is 11.9 Å². The van der Waals surface area contributed by atoms with Gasteiger partial charge < -0.3 is 4.90 Å². The molecule has 0 fully saturated rings. The molecule has 1 unspecified atom stereocenters. The number of anilines is 1. The van der Waals surface area contributed by atoms with E-state index in [0.29, 0.717) is 6.42 Å².